The van der Waals surface area contributed by atoms with Crippen molar-refractivity contribution in [2.75, 3.05) is 11.9 Å². The molecule has 0 aromatic carbocycles. The lowest BCUT2D eigenvalue weighted by Crippen LogP contribution is -2.51. The van der Waals surface area contributed by atoms with Gasteiger partial charge in [-0.2, -0.15) is 0 Å². The molecule has 6 nitrogen and oxygen atoms in total. The topological polar surface area (TPSA) is 76.2 Å². The molecule has 1 aliphatic carbocycles. The molecule has 0 aliphatic heterocycles. The van der Waals surface area contributed by atoms with E-state index in [1.165, 1.54) is 12.4 Å². The average Bonchev–Trinajstić information content (AvgIpc) is 3.03. The molecule has 0 bridgehead atoms. The van der Waals surface area contributed by atoms with Gasteiger partial charge in [0.05, 0.1) is 12.4 Å². The third-order valence-electron chi connectivity index (χ3n) is 8.19. The van der Waals surface area contributed by atoms with Crippen LogP contribution in [0.15, 0.2) is 17.2 Å². The fourth-order valence-corrected chi connectivity index (χ4v) is 12.1. The molecule has 1 saturated carbocycles. The summed E-state index contributed by atoms with van der Waals surface area (Å²) in [6.45, 7) is 26.3. The van der Waals surface area contributed by atoms with Crippen LogP contribution in [0.3, 0.4) is 0 Å². The molecular weight excluding hydrogens is 446 g/mol. The second kappa shape index (κ2) is 10.7. The molecule has 3 atom stereocenters. The molecule has 1 aromatic rings. The minimum Gasteiger partial charge on any atom is -0.416 e. The van der Waals surface area contributed by atoms with Crippen molar-refractivity contribution in [2.24, 2.45) is 5.92 Å². The fraction of sp³-hybridized carbons (Fsp3) is 0.840. The first kappa shape index (κ1) is 28.3. The minimum absolute atomic E-state index is 0.137. The summed E-state index contributed by atoms with van der Waals surface area (Å²) in [6, 6.07) is 1.75. The Morgan fingerprint density at radius 1 is 1.09 bits per heavy atom. The van der Waals surface area contributed by atoms with E-state index < -0.39 is 16.6 Å². The second-order valence-corrected chi connectivity index (χ2v) is 22.6. The van der Waals surface area contributed by atoms with E-state index in [-0.39, 0.29) is 22.7 Å². The summed E-state index contributed by atoms with van der Waals surface area (Å²) < 4.78 is 14.0. The van der Waals surface area contributed by atoms with Crippen molar-refractivity contribution < 1.29 is 8.85 Å². The van der Waals surface area contributed by atoms with Gasteiger partial charge in [0.25, 0.3) is 5.56 Å². The van der Waals surface area contributed by atoms with Gasteiger partial charge in [0.1, 0.15) is 5.82 Å². The molecule has 8 heteroatoms. The van der Waals surface area contributed by atoms with Gasteiger partial charge in [-0.1, -0.05) is 62.3 Å². The van der Waals surface area contributed by atoms with Crippen LogP contribution in [0.5, 0.6) is 0 Å². The molecule has 0 radical (unpaired) electrons. The van der Waals surface area contributed by atoms with Crippen LogP contribution in [-0.2, 0) is 8.85 Å². The molecule has 0 amide bonds. The molecule has 0 unspecified atom stereocenters. The Balaban J connectivity index is 2.28. The number of nitrogens with zero attached hydrogens (tertiary/aromatic N) is 1. The van der Waals surface area contributed by atoms with E-state index in [2.05, 4.69) is 90.7 Å². The summed E-state index contributed by atoms with van der Waals surface area (Å²) in [5, 5.41) is 3.68. The van der Waals surface area contributed by atoms with Crippen LogP contribution < -0.4 is 10.9 Å². The van der Waals surface area contributed by atoms with Crippen LogP contribution in [0.2, 0.25) is 34.8 Å². The Kier molecular flexibility index (Phi) is 9.21. The van der Waals surface area contributed by atoms with Crippen LogP contribution in [-0.4, -0.2) is 45.4 Å². The lowest BCUT2D eigenvalue weighted by molar-refractivity contribution is 0.0971. The zero-order valence-electron chi connectivity index (χ0n) is 22.9. The highest BCUT2D eigenvalue weighted by Crippen LogP contribution is 2.46. The molecule has 1 heterocycles. The van der Waals surface area contributed by atoms with Crippen LogP contribution in [0.1, 0.15) is 75.2 Å². The number of rotatable bonds is 10. The van der Waals surface area contributed by atoms with E-state index >= 15 is 0 Å². The maximum Gasteiger partial charge on any atom is 0.252 e. The average molecular weight is 496 g/mol. The molecular formula is C25H49N3O3Si2. The van der Waals surface area contributed by atoms with Gasteiger partial charge in [0, 0.05) is 24.6 Å². The zero-order valence-corrected chi connectivity index (χ0v) is 24.9. The van der Waals surface area contributed by atoms with Crippen molar-refractivity contribution in [1.29, 1.82) is 0 Å². The molecule has 1 aliphatic rings. The normalized spacial score (nSPS) is 22.5. The summed E-state index contributed by atoms with van der Waals surface area (Å²) in [7, 11) is -3.87. The number of hydrogen-bond donors (Lipinski definition) is 2. The smallest absolute Gasteiger partial charge is 0.252 e. The highest BCUT2D eigenvalue weighted by atomic mass is 28.4. The minimum atomic E-state index is -2.02. The van der Waals surface area contributed by atoms with E-state index in [4.69, 9.17) is 8.85 Å². The van der Waals surface area contributed by atoms with Gasteiger partial charge in [-0.05, 0) is 47.6 Å². The van der Waals surface area contributed by atoms with Gasteiger partial charge >= 0.3 is 0 Å². The number of H-pyrrole nitrogens is 1. The summed E-state index contributed by atoms with van der Waals surface area (Å²) in [5.41, 5.74) is 1.49. The Labute approximate surface area is 203 Å². The van der Waals surface area contributed by atoms with Crippen LogP contribution in [0, 0.1) is 5.92 Å². The van der Waals surface area contributed by atoms with Crippen LogP contribution >= 0.6 is 0 Å². The quantitative estimate of drug-likeness (QED) is 0.360. The lowest BCUT2D eigenvalue weighted by atomic mass is 10.1. The van der Waals surface area contributed by atoms with Gasteiger partial charge in [-0.25, -0.2) is 4.98 Å². The van der Waals surface area contributed by atoms with Gasteiger partial charge in [0.2, 0.25) is 8.32 Å². The number of hydrogen-bond acceptors (Lipinski definition) is 5. The fourth-order valence-electron chi connectivity index (χ4n) is 5.38. The first-order valence-electron chi connectivity index (χ1n) is 12.7. The largest absolute Gasteiger partial charge is 0.416 e. The van der Waals surface area contributed by atoms with Crippen molar-refractivity contribution >= 4 is 22.5 Å². The van der Waals surface area contributed by atoms with Crippen molar-refractivity contribution in [3.63, 3.8) is 0 Å². The SMILES string of the molecule is CC(C)[Si](O[C@H]1C[C@H](Nc2cc(=O)[nH]cn2)C[C@@H]1CO[Si](C)(C)C(C)(C)C)(C(C)C)C(C)C. The molecule has 2 N–H and O–H groups in total. The van der Waals surface area contributed by atoms with E-state index in [0.717, 1.165) is 19.4 Å². The molecule has 0 saturated heterocycles. The maximum atomic E-state index is 11.7. The molecule has 1 aromatic heterocycles. The highest BCUT2D eigenvalue weighted by Gasteiger charge is 2.50. The number of nitrogens with one attached hydrogen (secondary N) is 2. The standard InChI is InChI=1S/C25H49N3O3Si2/c1-17(2)33(18(3)4,19(5)6)31-22-13-21(28-23-14-24(29)27-16-26-23)12-20(22)15-30-32(10,11)25(7,8)9/h14,16-22H,12-13,15H2,1-11H3,(H2,26,27,28,29)/t20-,21-,22+/m1/s1. The van der Waals surface area contributed by atoms with Crippen LogP contribution in [0.4, 0.5) is 5.82 Å². The van der Waals surface area contributed by atoms with Gasteiger partial charge in [0.15, 0.2) is 8.32 Å². The first-order chi connectivity index (χ1) is 15.1. The van der Waals surface area contributed by atoms with Gasteiger partial charge < -0.3 is 19.2 Å². The van der Waals surface area contributed by atoms with Crippen molar-refractivity contribution in [1.82, 2.24) is 9.97 Å². The first-order valence-corrected chi connectivity index (χ1v) is 17.8. The van der Waals surface area contributed by atoms with Crippen molar-refractivity contribution in [3.05, 3.63) is 22.7 Å². The third kappa shape index (κ3) is 6.58. The Hall–Kier alpha value is -0.966. The monoisotopic (exact) mass is 495 g/mol. The van der Waals surface area contributed by atoms with E-state index in [1.807, 2.05) is 0 Å². The number of anilines is 1. The second-order valence-electron chi connectivity index (χ2n) is 12.4. The molecule has 190 valence electrons. The summed E-state index contributed by atoms with van der Waals surface area (Å²) >= 11 is 0. The Morgan fingerprint density at radius 2 is 1.67 bits per heavy atom. The van der Waals surface area contributed by atoms with E-state index in [1.54, 1.807) is 0 Å². The third-order valence-corrected chi connectivity index (χ3v) is 18.8. The van der Waals surface area contributed by atoms with Gasteiger partial charge in [-0.3, -0.25) is 4.79 Å². The number of aromatic amines is 1. The predicted molar refractivity (Wildman–Crippen MR) is 144 cm³/mol. The summed E-state index contributed by atoms with van der Waals surface area (Å²) in [6.07, 6.45) is 3.50. The van der Waals surface area contributed by atoms with Gasteiger partial charge in [-0.15, -0.1) is 0 Å². The molecule has 33 heavy (non-hydrogen) atoms. The molecule has 0 spiro atoms. The molecule has 1 fully saturated rings. The lowest BCUT2D eigenvalue weighted by Gasteiger charge is -2.45. The van der Waals surface area contributed by atoms with Crippen LogP contribution in [0.25, 0.3) is 0 Å². The zero-order chi connectivity index (χ0) is 25.2. The van der Waals surface area contributed by atoms with Crippen molar-refractivity contribution in [3.8, 4) is 0 Å². The molecule has 2 rings (SSSR count). The summed E-state index contributed by atoms with van der Waals surface area (Å²) in [4.78, 5) is 18.6. The van der Waals surface area contributed by atoms with E-state index in [9.17, 15) is 4.79 Å². The van der Waals surface area contributed by atoms with Crippen molar-refractivity contribution in [2.45, 2.75) is 122 Å². The van der Waals surface area contributed by atoms with E-state index in [0.29, 0.717) is 28.4 Å². The Morgan fingerprint density at radius 3 is 2.15 bits per heavy atom. The highest BCUT2D eigenvalue weighted by molar-refractivity contribution is 6.77. The predicted octanol–water partition coefficient (Wildman–Crippen LogP) is 6.54. The maximum absolute atomic E-state index is 11.7. The summed E-state index contributed by atoms with van der Waals surface area (Å²) in [5.74, 6) is 0.968. The number of aromatic nitrogens is 2. The Bertz CT molecular complexity index is 796.